The summed E-state index contributed by atoms with van der Waals surface area (Å²) in [7, 11) is -4.10. The largest absolute Gasteiger partial charge is 0.494 e. The van der Waals surface area contributed by atoms with Crippen molar-refractivity contribution in [3.8, 4) is 5.75 Å². The Morgan fingerprint density at radius 3 is 2.33 bits per heavy atom. The molecule has 172 valence electrons. The van der Waals surface area contributed by atoms with Crippen molar-refractivity contribution >= 4 is 33.0 Å². The molecule has 9 nitrogen and oxygen atoms in total. The van der Waals surface area contributed by atoms with E-state index in [0.29, 0.717) is 18.0 Å². The molecule has 0 heterocycles. The van der Waals surface area contributed by atoms with Crippen molar-refractivity contribution in [2.45, 2.75) is 18.7 Å². The molecule has 1 N–H and O–H groups in total. The molecule has 1 amide bonds. The number of amides is 1. The molecule has 0 radical (unpaired) electrons. The minimum Gasteiger partial charge on any atom is -0.494 e. The first-order chi connectivity index (χ1) is 15.7. The molecule has 3 rings (SSSR count). The van der Waals surface area contributed by atoms with Gasteiger partial charge in [-0.2, -0.15) is 0 Å². The molecule has 0 unspecified atom stereocenters. The summed E-state index contributed by atoms with van der Waals surface area (Å²) in [5.41, 5.74) is 1.24. The Bertz CT molecular complexity index is 1240. The third-order valence-corrected chi connectivity index (χ3v) is 6.46. The van der Waals surface area contributed by atoms with E-state index in [1.165, 1.54) is 36.4 Å². The van der Waals surface area contributed by atoms with E-state index in [-0.39, 0.29) is 16.3 Å². The molecule has 0 spiro atoms. The van der Waals surface area contributed by atoms with Crippen LogP contribution in [0.2, 0.25) is 0 Å². The monoisotopic (exact) mass is 469 g/mol. The average Bonchev–Trinajstić information content (AvgIpc) is 2.79. The number of nitro groups is 1. The van der Waals surface area contributed by atoms with Crippen molar-refractivity contribution in [1.82, 2.24) is 0 Å². The number of hydrogen-bond acceptors (Lipinski definition) is 6. The van der Waals surface area contributed by atoms with Gasteiger partial charge in [0.05, 0.1) is 22.1 Å². The van der Waals surface area contributed by atoms with Gasteiger partial charge in [-0.3, -0.25) is 19.2 Å². The fourth-order valence-corrected chi connectivity index (χ4v) is 4.48. The maximum absolute atomic E-state index is 13.4. The molecule has 0 aliphatic rings. The van der Waals surface area contributed by atoms with Crippen LogP contribution in [0.5, 0.6) is 5.75 Å². The molecule has 10 heteroatoms. The lowest BCUT2D eigenvalue weighted by molar-refractivity contribution is -0.384. The van der Waals surface area contributed by atoms with E-state index < -0.39 is 27.4 Å². The minimum absolute atomic E-state index is 0.00493. The number of hydrogen-bond donors (Lipinski definition) is 1. The highest BCUT2D eigenvalue weighted by molar-refractivity contribution is 7.92. The van der Waals surface area contributed by atoms with Gasteiger partial charge >= 0.3 is 0 Å². The van der Waals surface area contributed by atoms with Gasteiger partial charge in [0.2, 0.25) is 5.91 Å². The maximum atomic E-state index is 13.4. The predicted molar refractivity (Wildman–Crippen MR) is 125 cm³/mol. The first-order valence-corrected chi connectivity index (χ1v) is 11.5. The van der Waals surface area contributed by atoms with Gasteiger partial charge in [0.1, 0.15) is 12.3 Å². The number of anilines is 2. The predicted octanol–water partition coefficient (Wildman–Crippen LogP) is 4.14. The molecule has 33 heavy (non-hydrogen) atoms. The van der Waals surface area contributed by atoms with E-state index in [1.807, 2.05) is 13.8 Å². The molecule has 3 aromatic carbocycles. The number of carbonyl (C=O) groups excluding carboxylic acids is 1. The van der Waals surface area contributed by atoms with Crippen molar-refractivity contribution in [1.29, 1.82) is 0 Å². The average molecular weight is 470 g/mol. The lowest BCUT2D eigenvalue weighted by Crippen LogP contribution is -2.38. The number of nitro benzene ring substituents is 1. The van der Waals surface area contributed by atoms with Gasteiger partial charge in [-0.25, -0.2) is 8.42 Å². The van der Waals surface area contributed by atoms with Crippen LogP contribution in [0.25, 0.3) is 0 Å². The standard InChI is InChI=1S/C23H23N3O6S/c1-3-32-21-11-13-22(14-12-21)33(30,31)25(19-9-7-17(2)8-10-19)16-23(27)24-18-5-4-6-20(15-18)26(28)29/h4-15H,3,16H2,1-2H3,(H,24,27). The SMILES string of the molecule is CCOc1ccc(S(=O)(=O)N(CC(=O)Nc2cccc([N+](=O)[O-])c2)c2ccc(C)cc2)cc1. The lowest BCUT2D eigenvalue weighted by Gasteiger charge is -2.24. The van der Waals surface area contributed by atoms with E-state index in [0.717, 1.165) is 9.87 Å². The Labute approximate surface area is 191 Å². The number of aryl methyl sites for hydroxylation is 1. The number of sulfonamides is 1. The third-order valence-electron chi connectivity index (χ3n) is 4.67. The zero-order chi connectivity index (χ0) is 24.0. The first-order valence-electron chi connectivity index (χ1n) is 10.1. The second kappa shape index (κ2) is 10.1. The molecule has 0 saturated heterocycles. The molecule has 0 bridgehead atoms. The normalized spacial score (nSPS) is 11.0. The molecule has 0 aromatic heterocycles. The second-order valence-electron chi connectivity index (χ2n) is 7.11. The van der Waals surface area contributed by atoms with Crippen LogP contribution in [-0.2, 0) is 14.8 Å². The zero-order valence-corrected chi connectivity index (χ0v) is 18.9. The number of non-ortho nitro benzene ring substituents is 1. The second-order valence-corrected chi connectivity index (χ2v) is 8.97. The smallest absolute Gasteiger partial charge is 0.271 e. The Morgan fingerprint density at radius 2 is 1.73 bits per heavy atom. The quantitative estimate of drug-likeness (QED) is 0.372. The molecule has 0 saturated carbocycles. The van der Waals surface area contributed by atoms with E-state index in [1.54, 1.807) is 36.4 Å². The van der Waals surface area contributed by atoms with Crippen LogP contribution in [0.1, 0.15) is 12.5 Å². The summed E-state index contributed by atoms with van der Waals surface area (Å²) in [5, 5.41) is 13.5. The van der Waals surface area contributed by atoms with Crippen molar-refractivity contribution in [2.24, 2.45) is 0 Å². The summed E-state index contributed by atoms with van der Waals surface area (Å²) in [6.45, 7) is 3.61. The van der Waals surface area contributed by atoms with Crippen LogP contribution in [0, 0.1) is 17.0 Å². The number of ether oxygens (including phenoxy) is 1. The topological polar surface area (TPSA) is 119 Å². The van der Waals surface area contributed by atoms with Crippen LogP contribution in [0.3, 0.4) is 0 Å². The summed E-state index contributed by atoms with van der Waals surface area (Å²) in [5.74, 6) is -0.118. The van der Waals surface area contributed by atoms with E-state index in [9.17, 15) is 23.3 Å². The van der Waals surface area contributed by atoms with E-state index >= 15 is 0 Å². The summed E-state index contributed by atoms with van der Waals surface area (Å²) in [6, 6.07) is 18.1. The van der Waals surface area contributed by atoms with Gasteiger partial charge in [0.25, 0.3) is 15.7 Å². The highest BCUT2D eigenvalue weighted by atomic mass is 32.2. The van der Waals surface area contributed by atoms with Gasteiger partial charge in [-0.15, -0.1) is 0 Å². The fraction of sp³-hybridized carbons (Fsp3) is 0.174. The molecular formula is C23H23N3O6S. The van der Waals surface area contributed by atoms with Crippen LogP contribution in [0.4, 0.5) is 17.1 Å². The van der Waals surface area contributed by atoms with Crippen LogP contribution >= 0.6 is 0 Å². The number of benzene rings is 3. The van der Waals surface area contributed by atoms with Gasteiger partial charge < -0.3 is 10.1 Å². The Hall–Kier alpha value is -3.92. The van der Waals surface area contributed by atoms with E-state index in [4.69, 9.17) is 4.74 Å². The van der Waals surface area contributed by atoms with Gasteiger partial charge in [0, 0.05) is 17.8 Å². The van der Waals surface area contributed by atoms with Crippen LogP contribution in [0.15, 0.2) is 77.7 Å². The van der Waals surface area contributed by atoms with Crippen molar-refractivity contribution < 1.29 is 22.9 Å². The Kier molecular flexibility index (Phi) is 7.29. The van der Waals surface area contributed by atoms with Crippen molar-refractivity contribution in [3.63, 3.8) is 0 Å². The van der Waals surface area contributed by atoms with Gasteiger partial charge in [0.15, 0.2) is 0 Å². The Morgan fingerprint density at radius 1 is 1.06 bits per heavy atom. The fourth-order valence-electron chi connectivity index (χ4n) is 3.06. The number of carbonyl (C=O) groups is 1. The number of rotatable bonds is 9. The maximum Gasteiger partial charge on any atom is 0.271 e. The molecule has 0 fully saturated rings. The lowest BCUT2D eigenvalue weighted by atomic mass is 10.2. The molecular weight excluding hydrogens is 446 g/mol. The number of nitrogens with one attached hydrogen (secondary N) is 1. The summed E-state index contributed by atoms with van der Waals surface area (Å²) < 4.78 is 33.2. The van der Waals surface area contributed by atoms with Crippen LogP contribution < -0.4 is 14.4 Å². The first kappa shape index (κ1) is 23.7. The molecule has 0 aliphatic carbocycles. The van der Waals surface area contributed by atoms with Crippen molar-refractivity contribution in [2.75, 3.05) is 22.8 Å². The minimum atomic E-state index is -4.10. The van der Waals surface area contributed by atoms with Crippen LogP contribution in [-0.4, -0.2) is 32.4 Å². The zero-order valence-electron chi connectivity index (χ0n) is 18.1. The summed E-state index contributed by atoms with van der Waals surface area (Å²) >= 11 is 0. The Balaban J connectivity index is 1.91. The van der Waals surface area contributed by atoms with Gasteiger partial charge in [-0.05, 0) is 56.3 Å². The summed E-state index contributed by atoms with van der Waals surface area (Å²) in [4.78, 5) is 23.1. The summed E-state index contributed by atoms with van der Waals surface area (Å²) in [6.07, 6.45) is 0. The third kappa shape index (κ3) is 5.86. The highest BCUT2D eigenvalue weighted by Gasteiger charge is 2.27. The molecule has 0 atom stereocenters. The van der Waals surface area contributed by atoms with E-state index in [2.05, 4.69) is 5.32 Å². The molecule has 3 aromatic rings. The molecule has 0 aliphatic heterocycles. The highest BCUT2D eigenvalue weighted by Crippen LogP contribution is 2.26. The van der Waals surface area contributed by atoms with Crippen molar-refractivity contribution in [3.05, 3.63) is 88.5 Å². The van der Waals surface area contributed by atoms with Gasteiger partial charge in [-0.1, -0.05) is 23.8 Å². The number of nitrogens with zero attached hydrogens (tertiary/aromatic N) is 2.